The Bertz CT molecular complexity index is 1280. The first kappa shape index (κ1) is 21.6. The topological polar surface area (TPSA) is 68.8 Å². The number of carbonyl (C=O) groups excluding carboxylic acids is 1. The number of alkyl halides is 2. The van der Waals surface area contributed by atoms with Gasteiger partial charge in [0.1, 0.15) is 6.54 Å². The molecule has 32 heavy (non-hydrogen) atoms. The van der Waals surface area contributed by atoms with E-state index in [-0.39, 0.29) is 23.7 Å². The van der Waals surface area contributed by atoms with Gasteiger partial charge in [-0.15, -0.1) is 0 Å². The minimum Gasteiger partial charge on any atom is -0.340 e. The number of amides is 1. The van der Waals surface area contributed by atoms with Gasteiger partial charge in [-0.2, -0.15) is 10.2 Å². The Morgan fingerprint density at radius 1 is 1.19 bits per heavy atom. The SMILES string of the molecule is Cc1nn(CC(=O)N(C)Cc2cnn(C)c2C)c2nc(-c3ccccc3)cc(C(F)F)c12. The Morgan fingerprint density at radius 2 is 1.91 bits per heavy atom. The van der Waals surface area contributed by atoms with Crippen LogP contribution in [0.3, 0.4) is 0 Å². The second kappa shape index (κ2) is 8.49. The van der Waals surface area contributed by atoms with Gasteiger partial charge in [0.15, 0.2) is 5.65 Å². The molecule has 0 atom stereocenters. The zero-order valence-electron chi connectivity index (χ0n) is 18.4. The van der Waals surface area contributed by atoms with Crippen molar-refractivity contribution in [1.82, 2.24) is 29.4 Å². The van der Waals surface area contributed by atoms with E-state index in [2.05, 4.69) is 15.2 Å². The fourth-order valence-electron chi connectivity index (χ4n) is 3.72. The number of aromatic nitrogens is 5. The standard InChI is InChI=1S/C23H24F2N6O/c1-14-21-18(22(24)25)10-19(16-8-6-5-7-9-16)27-23(21)31(28-14)13-20(32)29(3)12-17-11-26-30(4)15(17)2/h5-11,22H,12-13H2,1-4H3. The van der Waals surface area contributed by atoms with Gasteiger partial charge in [-0.25, -0.2) is 18.4 Å². The van der Waals surface area contributed by atoms with Gasteiger partial charge in [-0.3, -0.25) is 9.48 Å². The Kier molecular flexibility index (Phi) is 5.73. The molecule has 0 spiro atoms. The zero-order valence-corrected chi connectivity index (χ0v) is 18.4. The van der Waals surface area contributed by atoms with E-state index in [0.717, 1.165) is 16.8 Å². The summed E-state index contributed by atoms with van der Waals surface area (Å²) in [4.78, 5) is 19.1. The molecule has 9 heteroatoms. The van der Waals surface area contributed by atoms with Gasteiger partial charge in [-0.1, -0.05) is 30.3 Å². The van der Waals surface area contributed by atoms with Crippen LogP contribution in [0, 0.1) is 13.8 Å². The molecule has 4 aromatic rings. The summed E-state index contributed by atoms with van der Waals surface area (Å²) in [5, 5.41) is 8.87. The van der Waals surface area contributed by atoms with Gasteiger partial charge in [0.05, 0.1) is 23.0 Å². The predicted molar refractivity (Wildman–Crippen MR) is 117 cm³/mol. The smallest absolute Gasteiger partial charge is 0.264 e. The molecule has 166 valence electrons. The first-order valence-electron chi connectivity index (χ1n) is 10.2. The molecule has 7 nitrogen and oxygen atoms in total. The average Bonchev–Trinajstić information content (AvgIpc) is 3.27. The van der Waals surface area contributed by atoms with E-state index in [1.807, 2.05) is 44.3 Å². The van der Waals surface area contributed by atoms with Crippen LogP contribution in [0.5, 0.6) is 0 Å². The van der Waals surface area contributed by atoms with E-state index in [4.69, 9.17) is 0 Å². The molecule has 0 N–H and O–H groups in total. The number of nitrogens with zero attached hydrogens (tertiary/aromatic N) is 6. The molecule has 1 aromatic carbocycles. The number of rotatable bonds is 6. The van der Waals surface area contributed by atoms with Crippen molar-refractivity contribution in [1.29, 1.82) is 0 Å². The molecule has 0 saturated carbocycles. The zero-order chi connectivity index (χ0) is 23.0. The third-order valence-electron chi connectivity index (χ3n) is 5.67. The van der Waals surface area contributed by atoms with Crippen LogP contribution in [0.25, 0.3) is 22.3 Å². The Morgan fingerprint density at radius 3 is 2.53 bits per heavy atom. The van der Waals surface area contributed by atoms with Crippen molar-refractivity contribution in [3.8, 4) is 11.3 Å². The van der Waals surface area contributed by atoms with Crippen LogP contribution in [0.4, 0.5) is 8.78 Å². The van der Waals surface area contributed by atoms with Crippen molar-refractivity contribution in [3.05, 3.63) is 65.1 Å². The predicted octanol–water partition coefficient (Wildman–Crippen LogP) is 4.04. The lowest BCUT2D eigenvalue weighted by Gasteiger charge is -2.17. The number of fused-ring (bicyclic) bond motifs is 1. The molecule has 1 amide bonds. The summed E-state index contributed by atoms with van der Waals surface area (Å²) < 4.78 is 31.0. The van der Waals surface area contributed by atoms with Crippen LogP contribution in [-0.4, -0.2) is 42.4 Å². The van der Waals surface area contributed by atoms with Crippen molar-refractivity contribution in [2.45, 2.75) is 33.4 Å². The number of hydrogen-bond donors (Lipinski definition) is 0. The van der Waals surface area contributed by atoms with Crippen molar-refractivity contribution in [2.75, 3.05) is 7.05 Å². The number of pyridine rings is 1. The summed E-state index contributed by atoms with van der Waals surface area (Å²) >= 11 is 0. The molecule has 0 unspecified atom stereocenters. The summed E-state index contributed by atoms with van der Waals surface area (Å²) in [6.07, 6.45) is -0.957. The maximum atomic E-state index is 13.9. The van der Waals surface area contributed by atoms with Crippen LogP contribution in [0.1, 0.15) is 28.9 Å². The second-order valence-electron chi connectivity index (χ2n) is 7.83. The molecular formula is C23H24F2N6O. The van der Waals surface area contributed by atoms with Crippen LogP contribution < -0.4 is 0 Å². The van der Waals surface area contributed by atoms with E-state index in [1.54, 1.807) is 29.7 Å². The lowest BCUT2D eigenvalue weighted by atomic mass is 10.1. The fourth-order valence-corrected chi connectivity index (χ4v) is 3.72. The first-order chi connectivity index (χ1) is 15.3. The minimum absolute atomic E-state index is 0.103. The summed E-state index contributed by atoms with van der Waals surface area (Å²) in [5.41, 5.74) is 3.61. The molecular weight excluding hydrogens is 414 g/mol. The van der Waals surface area contributed by atoms with Gasteiger partial charge in [-0.05, 0) is 19.9 Å². The maximum absolute atomic E-state index is 13.9. The molecule has 0 aliphatic heterocycles. The van der Waals surface area contributed by atoms with Crippen molar-refractivity contribution < 1.29 is 13.6 Å². The molecule has 4 rings (SSSR count). The maximum Gasteiger partial charge on any atom is 0.264 e. The Hall–Kier alpha value is -3.62. The average molecular weight is 438 g/mol. The minimum atomic E-state index is -2.69. The Balaban J connectivity index is 1.70. The van der Waals surface area contributed by atoms with Crippen LogP contribution in [0.2, 0.25) is 0 Å². The second-order valence-corrected chi connectivity index (χ2v) is 7.83. The van der Waals surface area contributed by atoms with Crippen molar-refractivity contribution in [3.63, 3.8) is 0 Å². The van der Waals surface area contributed by atoms with Gasteiger partial charge in [0.25, 0.3) is 6.43 Å². The molecule has 3 aromatic heterocycles. The monoisotopic (exact) mass is 438 g/mol. The van der Waals surface area contributed by atoms with Crippen molar-refractivity contribution in [2.24, 2.45) is 7.05 Å². The highest BCUT2D eigenvalue weighted by Gasteiger charge is 2.23. The van der Waals surface area contributed by atoms with E-state index in [0.29, 0.717) is 23.3 Å². The van der Waals surface area contributed by atoms with Crippen LogP contribution in [0.15, 0.2) is 42.6 Å². The van der Waals surface area contributed by atoms with E-state index in [1.165, 1.54) is 10.7 Å². The summed E-state index contributed by atoms with van der Waals surface area (Å²) in [5.74, 6) is -0.205. The van der Waals surface area contributed by atoms with Crippen LogP contribution >= 0.6 is 0 Å². The highest BCUT2D eigenvalue weighted by atomic mass is 19.3. The summed E-state index contributed by atoms with van der Waals surface area (Å²) in [7, 11) is 3.54. The van der Waals surface area contributed by atoms with E-state index >= 15 is 0 Å². The van der Waals surface area contributed by atoms with E-state index < -0.39 is 6.43 Å². The largest absolute Gasteiger partial charge is 0.340 e. The van der Waals surface area contributed by atoms with Crippen LogP contribution in [-0.2, 0) is 24.9 Å². The lowest BCUT2D eigenvalue weighted by Crippen LogP contribution is -2.30. The highest BCUT2D eigenvalue weighted by molar-refractivity contribution is 5.87. The number of aryl methyl sites for hydroxylation is 2. The summed E-state index contributed by atoms with van der Waals surface area (Å²) in [6.45, 7) is 3.88. The number of carbonyl (C=O) groups is 1. The quantitative estimate of drug-likeness (QED) is 0.456. The molecule has 0 bridgehead atoms. The molecule has 0 fully saturated rings. The molecule has 3 heterocycles. The van der Waals surface area contributed by atoms with Gasteiger partial charge < -0.3 is 4.90 Å². The number of benzene rings is 1. The van der Waals surface area contributed by atoms with E-state index in [9.17, 15) is 13.6 Å². The number of hydrogen-bond acceptors (Lipinski definition) is 4. The molecule has 0 radical (unpaired) electrons. The van der Waals surface area contributed by atoms with Gasteiger partial charge in [0.2, 0.25) is 5.91 Å². The third kappa shape index (κ3) is 3.98. The molecule has 0 aliphatic carbocycles. The number of likely N-dealkylation sites (N-methyl/N-ethyl adjacent to an activating group) is 1. The van der Waals surface area contributed by atoms with Gasteiger partial charge >= 0.3 is 0 Å². The molecule has 0 aliphatic rings. The third-order valence-corrected chi connectivity index (χ3v) is 5.67. The van der Waals surface area contributed by atoms with Crippen molar-refractivity contribution >= 4 is 16.9 Å². The fraction of sp³-hybridized carbons (Fsp3) is 0.304. The highest BCUT2D eigenvalue weighted by Crippen LogP contribution is 2.33. The normalized spacial score (nSPS) is 11.5. The first-order valence-corrected chi connectivity index (χ1v) is 10.2. The summed E-state index contributed by atoms with van der Waals surface area (Å²) in [6, 6.07) is 10.5. The van der Waals surface area contributed by atoms with Gasteiger partial charge in [0, 0.05) is 43.0 Å². The lowest BCUT2D eigenvalue weighted by molar-refractivity contribution is -0.131. The number of halogens is 2. The Labute approximate surface area is 184 Å². The molecule has 0 saturated heterocycles.